The fraction of sp³-hybridized carbons (Fsp3) is 0.0278. The van der Waals surface area contributed by atoms with Crippen molar-refractivity contribution in [2.75, 3.05) is 16.0 Å². The molecule has 1 aliphatic heterocycles. The standard InChI is InChI=1S/C36H26FN3O3S2/c37-28-13-5-4-12-25(28)22-29(39-35(42)24-10-2-1-3-11-24)36(43)38-26-18-20-27(21-19-26)44-23-34(41)40-30-14-6-8-16-32(30)45-33-17-9-7-15-31(33)40/h1-22H,23H2,(H,38,43)(H,39,42)/b29-22-. The Morgan fingerprint density at radius 2 is 1.33 bits per heavy atom. The van der Waals surface area contributed by atoms with Gasteiger partial charge in [-0.1, -0.05) is 72.4 Å². The van der Waals surface area contributed by atoms with Gasteiger partial charge in [0, 0.05) is 31.5 Å². The minimum Gasteiger partial charge on any atom is -0.321 e. The third kappa shape index (κ3) is 7.01. The number of benzene rings is 5. The molecule has 1 heterocycles. The lowest BCUT2D eigenvalue weighted by molar-refractivity contribution is -0.115. The van der Waals surface area contributed by atoms with Gasteiger partial charge in [-0.05, 0) is 72.8 Å². The maximum Gasteiger partial charge on any atom is 0.272 e. The van der Waals surface area contributed by atoms with Crippen molar-refractivity contribution in [1.82, 2.24) is 5.32 Å². The van der Waals surface area contributed by atoms with Crippen molar-refractivity contribution in [3.8, 4) is 0 Å². The van der Waals surface area contributed by atoms with Crippen molar-refractivity contribution in [1.29, 1.82) is 0 Å². The monoisotopic (exact) mass is 631 g/mol. The Kier molecular flexibility index (Phi) is 9.09. The van der Waals surface area contributed by atoms with E-state index < -0.39 is 17.6 Å². The van der Waals surface area contributed by atoms with Gasteiger partial charge >= 0.3 is 0 Å². The average Bonchev–Trinajstić information content (AvgIpc) is 3.07. The molecule has 0 saturated carbocycles. The first-order valence-corrected chi connectivity index (χ1v) is 15.8. The molecular weight excluding hydrogens is 606 g/mol. The van der Waals surface area contributed by atoms with Crippen LogP contribution in [0.1, 0.15) is 15.9 Å². The Hall–Kier alpha value is -5.12. The Balaban J connectivity index is 1.14. The molecule has 0 aromatic heterocycles. The highest BCUT2D eigenvalue weighted by molar-refractivity contribution is 8.00. The highest BCUT2D eigenvalue weighted by Gasteiger charge is 2.27. The number of anilines is 3. The van der Waals surface area contributed by atoms with Crippen LogP contribution in [-0.2, 0) is 9.59 Å². The maximum atomic E-state index is 14.4. The first-order chi connectivity index (χ1) is 22.0. The lowest BCUT2D eigenvalue weighted by Crippen LogP contribution is -2.30. The van der Waals surface area contributed by atoms with Gasteiger partial charge in [0.15, 0.2) is 0 Å². The smallest absolute Gasteiger partial charge is 0.272 e. The van der Waals surface area contributed by atoms with Gasteiger partial charge in [0.2, 0.25) is 5.91 Å². The van der Waals surface area contributed by atoms with Crippen LogP contribution in [-0.4, -0.2) is 23.5 Å². The molecule has 45 heavy (non-hydrogen) atoms. The van der Waals surface area contributed by atoms with Crippen LogP contribution in [0.2, 0.25) is 0 Å². The summed E-state index contributed by atoms with van der Waals surface area (Å²) in [7, 11) is 0. The molecular formula is C36H26FN3O3S2. The minimum atomic E-state index is -0.613. The molecule has 6 nitrogen and oxygen atoms in total. The number of thioether (sulfide) groups is 1. The molecule has 0 unspecified atom stereocenters. The lowest BCUT2D eigenvalue weighted by atomic mass is 10.1. The molecule has 3 amide bonds. The molecule has 0 saturated heterocycles. The number of halogens is 1. The van der Waals surface area contributed by atoms with E-state index >= 15 is 0 Å². The van der Waals surface area contributed by atoms with Crippen molar-refractivity contribution >= 4 is 64.4 Å². The Morgan fingerprint density at radius 3 is 2.00 bits per heavy atom. The van der Waals surface area contributed by atoms with Crippen LogP contribution < -0.4 is 15.5 Å². The summed E-state index contributed by atoms with van der Waals surface area (Å²) in [5, 5.41) is 5.39. The number of hydrogen-bond donors (Lipinski definition) is 2. The third-order valence-electron chi connectivity index (χ3n) is 6.89. The summed E-state index contributed by atoms with van der Waals surface area (Å²) >= 11 is 3.04. The van der Waals surface area contributed by atoms with Gasteiger partial charge in [0.05, 0.1) is 17.1 Å². The van der Waals surface area contributed by atoms with E-state index in [0.717, 1.165) is 26.1 Å². The molecule has 0 aliphatic carbocycles. The molecule has 0 fully saturated rings. The van der Waals surface area contributed by atoms with E-state index in [1.54, 1.807) is 71.3 Å². The minimum absolute atomic E-state index is 0.0466. The van der Waals surface area contributed by atoms with Crippen LogP contribution in [0.5, 0.6) is 0 Å². The zero-order valence-electron chi connectivity index (χ0n) is 23.8. The van der Waals surface area contributed by atoms with E-state index in [-0.39, 0.29) is 22.9 Å². The average molecular weight is 632 g/mol. The fourth-order valence-corrected chi connectivity index (χ4v) is 6.51. The van der Waals surface area contributed by atoms with Crippen LogP contribution in [0.4, 0.5) is 21.5 Å². The third-order valence-corrected chi connectivity index (χ3v) is 9.02. The summed E-state index contributed by atoms with van der Waals surface area (Å²) in [5.74, 6) is -1.47. The molecule has 0 bridgehead atoms. The fourth-order valence-electron chi connectivity index (χ4n) is 4.71. The molecule has 5 aromatic carbocycles. The van der Waals surface area contributed by atoms with Gasteiger partial charge in [0.1, 0.15) is 11.5 Å². The number of carbonyl (C=O) groups is 3. The second-order valence-electron chi connectivity index (χ2n) is 9.93. The summed E-state index contributed by atoms with van der Waals surface area (Å²) in [6.45, 7) is 0. The summed E-state index contributed by atoms with van der Waals surface area (Å²) in [5.41, 5.74) is 2.60. The van der Waals surface area contributed by atoms with E-state index in [0.29, 0.717) is 11.3 Å². The number of amides is 3. The zero-order valence-corrected chi connectivity index (χ0v) is 25.4. The second kappa shape index (κ2) is 13.7. The van der Waals surface area contributed by atoms with E-state index in [1.807, 2.05) is 60.7 Å². The maximum absolute atomic E-state index is 14.4. The molecule has 5 aromatic rings. The Labute approximate surface area is 268 Å². The highest BCUT2D eigenvalue weighted by atomic mass is 32.2. The number of nitrogens with one attached hydrogen (secondary N) is 2. The first kappa shape index (κ1) is 29.9. The first-order valence-electron chi connectivity index (χ1n) is 14.0. The van der Waals surface area contributed by atoms with E-state index in [2.05, 4.69) is 10.6 Å². The van der Waals surface area contributed by atoms with Gasteiger partial charge < -0.3 is 10.6 Å². The van der Waals surface area contributed by atoms with E-state index in [4.69, 9.17) is 0 Å². The highest BCUT2D eigenvalue weighted by Crippen LogP contribution is 2.48. The van der Waals surface area contributed by atoms with Crippen molar-refractivity contribution in [3.05, 3.63) is 150 Å². The number of carbonyl (C=O) groups excluding carboxylic acids is 3. The number of rotatable bonds is 8. The van der Waals surface area contributed by atoms with Crippen molar-refractivity contribution in [2.24, 2.45) is 0 Å². The van der Waals surface area contributed by atoms with Gasteiger partial charge in [-0.2, -0.15) is 0 Å². The largest absolute Gasteiger partial charge is 0.321 e. The van der Waals surface area contributed by atoms with Gasteiger partial charge in [0.25, 0.3) is 11.8 Å². The molecule has 9 heteroatoms. The normalized spacial score (nSPS) is 12.1. The number of para-hydroxylation sites is 2. The van der Waals surface area contributed by atoms with Crippen LogP contribution in [0, 0.1) is 5.82 Å². The predicted octanol–water partition coefficient (Wildman–Crippen LogP) is 8.16. The summed E-state index contributed by atoms with van der Waals surface area (Å²) < 4.78 is 14.4. The SMILES string of the molecule is O=C(Nc1ccc(SCC(=O)N2c3ccccc3Sc3ccccc32)cc1)/C(=C/c1ccccc1F)NC(=O)c1ccccc1. The van der Waals surface area contributed by atoms with Gasteiger partial charge in [-0.3, -0.25) is 19.3 Å². The quantitative estimate of drug-likeness (QED) is 0.134. The molecule has 2 N–H and O–H groups in total. The Morgan fingerprint density at radius 1 is 0.733 bits per heavy atom. The summed E-state index contributed by atoms with van der Waals surface area (Å²) in [4.78, 5) is 44.3. The summed E-state index contributed by atoms with van der Waals surface area (Å²) in [6.07, 6.45) is 1.30. The van der Waals surface area contributed by atoms with E-state index in [9.17, 15) is 18.8 Å². The van der Waals surface area contributed by atoms with Crippen molar-refractivity contribution in [2.45, 2.75) is 14.7 Å². The Bertz CT molecular complexity index is 1870. The summed E-state index contributed by atoms with van der Waals surface area (Å²) in [6, 6.07) is 37.2. The van der Waals surface area contributed by atoms with Gasteiger partial charge in [-0.25, -0.2) is 4.39 Å². The van der Waals surface area contributed by atoms with Crippen molar-refractivity contribution in [3.63, 3.8) is 0 Å². The molecule has 0 spiro atoms. The topological polar surface area (TPSA) is 78.5 Å². The molecule has 0 radical (unpaired) electrons. The molecule has 222 valence electrons. The van der Waals surface area contributed by atoms with Crippen LogP contribution in [0.25, 0.3) is 6.08 Å². The molecule has 1 aliphatic rings. The zero-order chi connectivity index (χ0) is 31.2. The number of hydrogen-bond acceptors (Lipinski definition) is 5. The van der Waals surface area contributed by atoms with Crippen LogP contribution >= 0.6 is 23.5 Å². The van der Waals surface area contributed by atoms with Crippen LogP contribution in [0.3, 0.4) is 0 Å². The second-order valence-corrected chi connectivity index (χ2v) is 12.1. The molecule has 6 rings (SSSR count). The molecule has 0 atom stereocenters. The lowest BCUT2D eigenvalue weighted by Gasteiger charge is -2.31. The number of fused-ring (bicyclic) bond motifs is 2. The van der Waals surface area contributed by atoms with Gasteiger partial charge in [-0.15, -0.1) is 11.8 Å². The predicted molar refractivity (Wildman–Crippen MR) is 178 cm³/mol. The number of nitrogens with zero attached hydrogens (tertiary/aromatic N) is 1. The van der Waals surface area contributed by atoms with Crippen molar-refractivity contribution < 1.29 is 18.8 Å². The van der Waals surface area contributed by atoms with E-state index in [1.165, 1.54) is 30.0 Å². The van der Waals surface area contributed by atoms with Crippen LogP contribution in [0.15, 0.2) is 148 Å².